The summed E-state index contributed by atoms with van der Waals surface area (Å²) >= 11 is 0. The maximum atomic E-state index is 11.2. The molecular formula is C18H18N4O3. The summed E-state index contributed by atoms with van der Waals surface area (Å²) in [7, 11) is 0. The Morgan fingerprint density at radius 1 is 1.36 bits per heavy atom. The normalized spacial score (nSPS) is 20.0. The van der Waals surface area contributed by atoms with Gasteiger partial charge in [0.2, 0.25) is 5.95 Å². The highest BCUT2D eigenvalue weighted by molar-refractivity contribution is 5.87. The zero-order valence-electron chi connectivity index (χ0n) is 13.5. The standard InChI is InChI=1S/C18H18N4O3/c23-17(24)15-9-16-19-6-7-22(16)18(21-15)20-10-14-8-13(11-25-14)12-4-2-1-3-5-12/h1-7,9,13-14H,8,10-11H2,(H,20,21)(H,23,24)/t13-,14-/m0/s1. The molecule has 3 heterocycles. The number of rotatable bonds is 5. The molecule has 7 heteroatoms. The second-order valence-corrected chi connectivity index (χ2v) is 6.11. The molecule has 128 valence electrons. The molecule has 1 aromatic carbocycles. The molecule has 0 bridgehead atoms. The van der Waals surface area contributed by atoms with Crippen molar-refractivity contribution in [2.24, 2.45) is 0 Å². The van der Waals surface area contributed by atoms with Gasteiger partial charge < -0.3 is 15.2 Å². The maximum Gasteiger partial charge on any atom is 0.354 e. The number of fused-ring (bicyclic) bond motifs is 1. The minimum Gasteiger partial charge on any atom is -0.477 e. The zero-order valence-corrected chi connectivity index (χ0v) is 13.5. The van der Waals surface area contributed by atoms with Crippen LogP contribution in [0.3, 0.4) is 0 Å². The van der Waals surface area contributed by atoms with Crippen molar-refractivity contribution >= 4 is 17.6 Å². The Balaban J connectivity index is 1.46. The van der Waals surface area contributed by atoms with E-state index in [9.17, 15) is 9.90 Å². The molecule has 0 unspecified atom stereocenters. The molecule has 0 saturated carbocycles. The van der Waals surface area contributed by atoms with Crippen LogP contribution in [0, 0.1) is 0 Å². The minimum absolute atomic E-state index is 0.0318. The third kappa shape index (κ3) is 3.18. The van der Waals surface area contributed by atoms with Crippen LogP contribution < -0.4 is 5.32 Å². The number of carbonyl (C=O) groups is 1. The third-order valence-corrected chi connectivity index (χ3v) is 4.45. The lowest BCUT2D eigenvalue weighted by Gasteiger charge is -2.13. The van der Waals surface area contributed by atoms with Gasteiger partial charge in [0.05, 0.1) is 12.7 Å². The van der Waals surface area contributed by atoms with E-state index in [0.717, 1.165) is 6.42 Å². The summed E-state index contributed by atoms with van der Waals surface area (Å²) in [5.41, 5.74) is 1.80. The Morgan fingerprint density at radius 2 is 2.20 bits per heavy atom. The monoisotopic (exact) mass is 338 g/mol. The molecule has 2 aromatic heterocycles. The molecule has 0 radical (unpaired) electrons. The van der Waals surface area contributed by atoms with Gasteiger partial charge in [-0.25, -0.2) is 14.8 Å². The van der Waals surface area contributed by atoms with Crippen molar-refractivity contribution < 1.29 is 14.6 Å². The summed E-state index contributed by atoms with van der Waals surface area (Å²) in [6.07, 6.45) is 4.34. The third-order valence-electron chi connectivity index (χ3n) is 4.45. The number of nitrogens with one attached hydrogen (secondary N) is 1. The van der Waals surface area contributed by atoms with Crippen molar-refractivity contribution in [2.75, 3.05) is 18.5 Å². The summed E-state index contributed by atoms with van der Waals surface area (Å²) < 4.78 is 7.61. The number of carboxylic acids is 1. The van der Waals surface area contributed by atoms with E-state index in [2.05, 4.69) is 27.4 Å². The van der Waals surface area contributed by atoms with Crippen LogP contribution in [0.25, 0.3) is 5.65 Å². The first-order valence-electron chi connectivity index (χ1n) is 8.18. The Labute approximate surface area is 144 Å². The average molecular weight is 338 g/mol. The van der Waals surface area contributed by atoms with Crippen LogP contribution in [-0.4, -0.2) is 44.7 Å². The summed E-state index contributed by atoms with van der Waals surface area (Å²) in [6.45, 7) is 1.26. The fourth-order valence-corrected chi connectivity index (χ4v) is 3.17. The van der Waals surface area contributed by atoms with Crippen LogP contribution in [0.1, 0.15) is 28.4 Å². The largest absolute Gasteiger partial charge is 0.477 e. The van der Waals surface area contributed by atoms with Crippen LogP contribution in [0.2, 0.25) is 0 Å². The Morgan fingerprint density at radius 3 is 3.00 bits per heavy atom. The quantitative estimate of drug-likeness (QED) is 0.743. The average Bonchev–Trinajstić information content (AvgIpc) is 3.29. The molecular weight excluding hydrogens is 320 g/mol. The molecule has 4 rings (SSSR count). The van der Waals surface area contributed by atoms with E-state index < -0.39 is 5.97 Å². The van der Waals surface area contributed by atoms with E-state index in [1.165, 1.54) is 11.6 Å². The molecule has 0 aliphatic carbocycles. The number of nitrogens with zero attached hydrogens (tertiary/aromatic N) is 3. The molecule has 25 heavy (non-hydrogen) atoms. The topological polar surface area (TPSA) is 88.8 Å². The zero-order chi connectivity index (χ0) is 17.2. The van der Waals surface area contributed by atoms with Crippen molar-refractivity contribution in [3.63, 3.8) is 0 Å². The molecule has 2 atom stereocenters. The van der Waals surface area contributed by atoms with Gasteiger partial charge in [-0.2, -0.15) is 0 Å². The number of aromatic nitrogens is 3. The molecule has 0 spiro atoms. The fourth-order valence-electron chi connectivity index (χ4n) is 3.17. The summed E-state index contributed by atoms with van der Waals surface area (Å²) in [5.74, 6) is -0.228. The van der Waals surface area contributed by atoms with Gasteiger partial charge in [0.1, 0.15) is 5.65 Å². The highest BCUT2D eigenvalue weighted by atomic mass is 16.5. The second kappa shape index (κ2) is 6.52. The van der Waals surface area contributed by atoms with Gasteiger partial charge in [-0.3, -0.25) is 4.40 Å². The lowest BCUT2D eigenvalue weighted by molar-refractivity contribution is 0.0690. The van der Waals surface area contributed by atoms with E-state index in [1.54, 1.807) is 16.8 Å². The van der Waals surface area contributed by atoms with E-state index in [1.807, 2.05) is 18.2 Å². The molecule has 1 aliphatic rings. The van der Waals surface area contributed by atoms with Crippen molar-refractivity contribution in [1.82, 2.24) is 14.4 Å². The molecule has 1 saturated heterocycles. The van der Waals surface area contributed by atoms with Crippen molar-refractivity contribution in [2.45, 2.75) is 18.4 Å². The molecule has 7 nitrogen and oxygen atoms in total. The van der Waals surface area contributed by atoms with Crippen molar-refractivity contribution in [3.8, 4) is 0 Å². The van der Waals surface area contributed by atoms with Crippen LogP contribution in [0.5, 0.6) is 0 Å². The van der Waals surface area contributed by atoms with Gasteiger partial charge >= 0.3 is 5.97 Å². The summed E-state index contributed by atoms with van der Waals surface area (Å²) in [4.78, 5) is 19.5. The first-order chi connectivity index (χ1) is 12.2. The van der Waals surface area contributed by atoms with Crippen LogP contribution in [-0.2, 0) is 4.74 Å². The number of aromatic carboxylic acids is 1. The van der Waals surface area contributed by atoms with Crippen molar-refractivity contribution in [3.05, 3.63) is 60.0 Å². The van der Waals surface area contributed by atoms with Crippen LogP contribution in [0.15, 0.2) is 48.8 Å². The maximum absolute atomic E-state index is 11.2. The predicted molar refractivity (Wildman–Crippen MR) is 92.0 cm³/mol. The number of hydrogen-bond acceptors (Lipinski definition) is 5. The number of carboxylic acid groups (broad SMARTS) is 1. The Kier molecular flexibility index (Phi) is 4.07. The second-order valence-electron chi connectivity index (χ2n) is 6.11. The van der Waals surface area contributed by atoms with Crippen LogP contribution >= 0.6 is 0 Å². The Hall–Kier alpha value is -2.93. The fraction of sp³-hybridized carbons (Fsp3) is 0.278. The number of imidazole rings is 1. The first-order valence-corrected chi connectivity index (χ1v) is 8.18. The number of hydrogen-bond donors (Lipinski definition) is 2. The molecule has 2 N–H and O–H groups in total. The van der Waals surface area contributed by atoms with E-state index >= 15 is 0 Å². The van der Waals surface area contributed by atoms with E-state index in [-0.39, 0.29) is 11.8 Å². The number of benzene rings is 1. The lowest BCUT2D eigenvalue weighted by atomic mass is 9.96. The molecule has 1 fully saturated rings. The van der Waals surface area contributed by atoms with Gasteiger partial charge in [0, 0.05) is 30.9 Å². The SMILES string of the molecule is O=C(O)c1cc2nccn2c(NC[C@@H]2C[C@H](c3ccccc3)CO2)n1. The highest BCUT2D eigenvalue weighted by Gasteiger charge is 2.26. The summed E-state index contributed by atoms with van der Waals surface area (Å²) in [5, 5.41) is 12.4. The molecule has 0 amide bonds. The first kappa shape index (κ1) is 15.6. The predicted octanol–water partition coefficient (Wildman–Crippen LogP) is 2.41. The Bertz CT molecular complexity index is 894. The van der Waals surface area contributed by atoms with E-state index in [4.69, 9.17) is 4.74 Å². The van der Waals surface area contributed by atoms with Gasteiger partial charge in [-0.05, 0) is 12.0 Å². The van der Waals surface area contributed by atoms with Gasteiger partial charge in [0.25, 0.3) is 0 Å². The van der Waals surface area contributed by atoms with Gasteiger partial charge in [0.15, 0.2) is 5.69 Å². The van der Waals surface area contributed by atoms with Crippen molar-refractivity contribution in [1.29, 1.82) is 0 Å². The number of ether oxygens (including phenoxy) is 1. The van der Waals surface area contributed by atoms with E-state index in [0.29, 0.717) is 30.7 Å². The smallest absolute Gasteiger partial charge is 0.354 e. The lowest BCUT2D eigenvalue weighted by Crippen LogP contribution is -2.21. The van der Waals surface area contributed by atoms with Crippen LogP contribution in [0.4, 0.5) is 5.95 Å². The molecule has 1 aliphatic heterocycles. The minimum atomic E-state index is -1.07. The molecule has 3 aromatic rings. The van der Waals surface area contributed by atoms with Gasteiger partial charge in [-0.1, -0.05) is 30.3 Å². The number of anilines is 1. The van der Waals surface area contributed by atoms with Gasteiger partial charge in [-0.15, -0.1) is 0 Å². The summed E-state index contributed by atoms with van der Waals surface area (Å²) in [6, 6.07) is 11.8. The highest BCUT2D eigenvalue weighted by Crippen LogP contribution is 2.29.